The smallest absolute Gasteiger partial charge is 0.220 e. The van der Waals surface area contributed by atoms with Crippen LogP contribution in [-0.4, -0.2) is 26.2 Å². The van der Waals surface area contributed by atoms with E-state index in [1.165, 1.54) is 11.1 Å². The molecule has 2 aromatic rings. The third-order valence-electron chi connectivity index (χ3n) is 4.27. The van der Waals surface area contributed by atoms with Crippen molar-refractivity contribution in [2.75, 3.05) is 20.3 Å². The SMILES string of the molecule is COc1ccc(CCC(=O)NCCOc2ccc(C)c(C)c2)cc1C. The topological polar surface area (TPSA) is 47.6 Å². The van der Waals surface area contributed by atoms with Gasteiger partial charge in [0, 0.05) is 6.42 Å². The molecule has 0 fully saturated rings. The molecule has 0 aromatic heterocycles. The molecule has 0 radical (unpaired) electrons. The second kappa shape index (κ2) is 9.11. The zero-order chi connectivity index (χ0) is 18.2. The largest absolute Gasteiger partial charge is 0.496 e. The van der Waals surface area contributed by atoms with Gasteiger partial charge >= 0.3 is 0 Å². The van der Waals surface area contributed by atoms with Crippen molar-refractivity contribution in [1.82, 2.24) is 5.32 Å². The van der Waals surface area contributed by atoms with E-state index in [1.54, 1.807) is 7.11 Å². The molecule has 0 bridgehead atoms. The Balaban J connectivity index is 1.68. The Hall–Kier alpha value is -2.49. The van der Waals surface area contributed by atoms with Crippen molar-refractivity contribution < 1.29 is 14.3 Å². The lowest BCUT2D eigenvalue weighted by molar-refractivity contribution is -0.121. The first-order valence-electron chi connectivity index (χ1n) is 8.60. The second-order valence-electron chi connectivity index (χ2n) is 6.25. The molecule has 4 heteroatoms. The Morgan fingerprint density at radius 3 is 2.48 bits per heavy atom. The molecule has 4 nitrogen and oxygen atoms in total. The number of aryl methyl sites for hydroxylation is 4. The molecule has 0 aliphatic rings. The molecule has 0 saturated heterocycles. The predicted molar refractivity (Wildman–Crippen MR) is 100 cm³/mol. The van der Waals surface area contributed by atoms with E-state index in [-0.39, 0.29) is 5.91 Å². The fourth-order valence-corrected chi connectivity index (χ4v) is 2.61. The summed E-state index contributed by atoms with van der Waals surface area (Å²) in [7, 11) is 1.66. The molecule has 0 heterocycles. The number of nitrogens with one attached hydrogen (secondary N) is 1. The van der Waals surface area contributed by atoms with Gasteiger partial charge < -0.3 is 14.8 Å². The Morgan fingerprint density at radius 2 is 1.80 bits per heavy atom. The summed E-state index contributed by atoms with van der Waals surface area (Å²) in [6.45, 7) is 7.12. The number of carbonyl (C=O) groups is 1. The van der Waals surface area contributed by atoms with E-state index in [1.807, 2.05) is 37.3 Å². The zero-order valence-electron chi connectivity index (χ0n) is 15.5. The highest BCUT2D eigenvalue weighted by atomic mass is 16.5. The third-order valence-corrected chi connectivity index (χ3v) is 4.27. The summed E-state index contributed by atoms with van der Waals surface area (Å²) in [4.78, 5) is 11.9. The van der Waals surface area contributed by atoms with Gasteiger partial charge in [0.05, 0.1) is 13.7 Å². The maximum absolute atomic E-state index is 11.9. The molecular weight excluding hydrogens is 314 g/mol. The minimum absolute atomic E-state index is 0.0390. The van der Waals surface area contributed by atoms with Crippen LogP contribution in [0.5, 0.6) is 11.5 Å². The van der Waals surface area contributed by atoms with E-state index in [2.05, 4.69) is 25.2 Å². The number of ether oxygens (including phenoxy) is 2. The molecule has 0 atom stereocenters. The molecule has 1 amide bonds. The maximum Gasteiger partial charge on any atom is 0.220 e. The fraction of sp³-hybridized carbons (Fsp3) is 0.381. The monoisotopic (exact) mass is 341 g/mol. The predicted octanol–water partition coefficient (Wildman–Crippen LogP) is 3.75. The van der Waals surface area contributed by atoms with E-state index in [0.717, 1.165) is 22.6 Å². The van der Waals surface area contributed by atoms with E-state index >= 15 is 0 Å². The van der Waals surface area contributed by atoms with Crippen molar-refractivity contribution >= 4 is 5.91 Å². The molecule has 0 unspecified atom stereocenters. The Bertz CT molecular complexity index is 725. The number of carbonyl (C=O) groups excluding carboxylic acids is 1. The lowest BCUT2D eigenvalue weighted by Crippen LogP contribution is -2.28. The first-order chi connectivity index (χ1) is 12.0. The summed E-state index contributed by atoms with van der Waals surface area (Å²) in [5.41, 5.74) is 4.67. The van der Waals surface area contributed by atoms with E-state index in [0.29, 0.717) is 26.0 Å². The van der Waals surface area contributed by atoms with Crippen LogP contribution in [0.2, 0.25) is 0 Å². The van der Waals surface area contributed by atoms with Gasteiger partial charge in [-0.1, -0.05) is 18.2 Å². The van der Waals surface area contributed by atoms with Crippen molar-refractivity contribution in [3.63, 3.8) is 0 Å². The van der Waals surface area contributed by atoms with Crippen LogP contribution < -0.4 is 14.8 Å². The van der Waals surface area contributed by atoms with Crippen LogP contribution in [0.3, 0.4) is 0 Å². The van der Waals surface area contributed by atoms with Crippen molar-refractivity contribution in [2.45, 2.75) is 33.6 Å². The zero-order valence-corrected chi connectivity index (χ0v) is 15.5. The normalized spacial score (nSPS) is 10.4. The molecule has 0 aliphatic heterocycles. The Morgan fingerprint density at radius 1 is 1.00 bits per heavy atom. The average molecular weight is 341 g/mol. The molecular formula is C21H27NO3. The van der Waals surface area contributed by atoms with Crippen LogP contribution in [0.25, 0.3) is 0 Å². The maximum atomic E-state index is 11.9. The second-order valence-corrected chi connectivity index (χ2v) is 6.25. The first kappa shape index (κ1) is 18.8. The molecule has 2 rings (SSSR count). The van der Waals surface area contributed by atoms with Crippen molar-refractivity contribution in [1.29, 1.82) is 0 Å². The molecule has 25 heavy (non-hydrogen) atoms. The van der Waals surface area contributed by atoms with Crippen LogP contribution in [0, 0.1) is 20.8 Å². The van der Waals surface area contributed by atoms with Crippen molar-refractivity contribution in [3.05, 3.63) is 58.7 Å². The summed E-state index contributed by atoms with van der Waals surface area (Å²) in [5, 5.41) is 2.90. The highest BCUT2D eigenvalue weighted by molar-refractivity contribution is 5.76. The first-order valence-corrected chi connectivity index (χ1v) is 8.60. The van der Waals surface area contributed by atoms with Gasteiger partial charge in [-0.2, -0.15) is 0 Å². The van der Waals surface area contributed by atoms with Crippen LogP contribution in [0.1, 0.15) is 28.7 Å². The van der Waals surface area contributed by atoms with Crippen molar-refractivity contribution in [3.8, 4) is 11.5 Å². The minimum Gasteiger partial charge on any atom is -0.496 e. The van der Waals surface area contributed by atoms with Crippen LogP contribution in [-0.2, 0) is 11.2 Å². The van der Waals surface area contributed by atoms with Gasteiger partial charge in [0.25, 0.3) is 0 Å². The van der Waals surface area contributed by atoms with Crippen LogP contribution in [0.4, 0.5) is 0 Å². The lowest BCUT2D eigenvalue weighted by Gasteiger charge is -2.10. The van der Waals surface area contributed by atoms with Crippen molar-refractivity contribution in [2.24, 2.45) is 0 Å². The number of hydrogen-bond acceptors (Lipinski definition) is 3. The van der Waals surface area contributed by atoms with Gasteiger partial charge in [-0.05, 0) is 67.6 Å². The quantitative estimate of drug-likeness (QED) is 0.744. The summed E-state index contributed by atoms with van der Waals surface area (Å²) in [6.07, 6.45) is 1.18. The van der Waals surface area contributed by atoms with Gasteiger partial charge in [-0.15, -0.1) is 0 Å². The number of hydrogen-bond donors (Lipinski definition) is 1. The molecule has 0 aliphatic carbocycles. The Kier molecular flexibility index (Phi) is 6.87. The van der Waals surface area contributed by atoms with Crippen LogP contribution >= 0.6 is 0 Å². The fourth-order valence-electron chi connectivity index (χ4n) is 2.61. The summed E-state index contributed by atoms with van der Waals surface area (Å²) in [6, 6.07) is 12.0. The lowest BCUT2D eigenvalue weighted by atomic mass is 10.1. The number of amides is 1. The van der Waals surface area contributed by atoms with Crippen LogP contribution in [0.15, 0.2) is 36.4 Å². The van der Waals surface area contributed by atoms with E-state index in [9.17, 15) is 4.79 Å². The van der Waals surface area contributed by atoms with E-state index in [4.69, 9.17) is 9.47 Å². The number of rotatable bonds is 8. The van der Waals surface area contributed by atoms with Gasteiger partial charge in [-0.25, -0.2) is 0 Å². The minimum atomic E-state index is 0.0390. The van der Waals surface area contributed by atoms with Gasteiger partial charge in [0.2, 0.25) is 5.91 Å². The Labute approximate surface area is 150 Å². The standard InChI is InChI=1S/C21H27NO3/c1-15-5-8-19(14-16(15)2)25-12-11-22-21(23)10-7-18-6-9-20(24-4)17(3)13-18/h5-6,8-9,13-14H,7,10-12H2,1-4H3,(H,22,23). The van der Waals surface area contributed by atoms with Gasteiger partial charge in [0.15, 0.2) is 0 Å². The molecule has 2 aromatic carbocycles. The molecule has 1 N–H and O–H groups in total. The summed E-state index contributed by atoms with van der Waals surface area (Å²) < 4.78 is 10.9. The third kappa shape index (κ3) is 5.82. The average Bonchev–Trinajstić information content (AvgIpc) is 2.60. The highest BCUT2D eigenvalue weighted by Gasteiger charge is 2.05. The molecule has 134 valence electrons. The number of methoxy groups -OCH3 is 1. The molecule has 0 spiro atoms. The highest BCUT2D eigenvalue weighted by Crippen LogP contribution is 2.19. The number of benzene rings is 2. The van der Waals surface area contributed by atoms with Gasteiger partial charge in [-0.3, -0.25) is 4.79 Å². The van der Waals surface area contributed by atoms with Gasteiger partial charge in [0.1, 0.15) is 18.1 Å². The summed E-state index contributed by atoms with van der Waals surface area (Å²) in [5.74, 6) is 1.75. The summed E-state index contributed by atoms with van der Waals surface area (Å²) >= 11 is 0. The van der Waals surface area contributed by atoms with E-state index < -0.39 is 0 Å². The molecule has 0 saturated carbocycles.